The van der Waals surface area contributed by atoms with Gasteiger partial charge in [0.2, 0.25) is 0 Å². The number of carbonyl (C=O) groups excluding carboxylic acids is 3. The number of hydrogen-bond acceptors (Lipinski definition) is 6. The molecule has 0 bridgehead atoms. The Kier molecular flexibility index (Phi) is 50.0. The first-order chi connectivity index (χ1) is 32.2. The Morgan fingerprint density at radius 2 is 0.530 bits per heavy atom. The van der Waals surface area contributed by atoms with Crippen molar-refractivity contribution >= 4 is 17.9 Å². The standard InChI is InChI=1S/C60H116O6/c1-7-55(5)47-41-35-29-25-21-17-13-11-9-10-12-14-18-22-26-30-37-43-49-58(61)64-52-57(53-65-59(62)50-44-38-33-32-36-42-48-56(6)8-2)66-60(63)51-45-39-31-27-23-19-15-16-20-24-28-34-40-46-54(3)4/h54-57H,7-53H2,1-6H3/t55?,56?,57-/m0/s1. The van der Waals surface area contributed by atoms with E-state index >= 15 is 0 Å². The van der Waals surface area contributed by atoms with Crippen LogP contribution in [0.25, 0.3) is 0 Å². The summed E-state index contributed by atoms with van der Waals surface area (Å²) in [7, 11) is 0. The Balaban J connectivity index is 4.21. The Bertz CT molecular complexity index is 1030. The van der Waals surface area contributed by atoms with Crippen LogP contribution in [0.15, 0.2) is 0 Å². The lowest BCUT2D eigenvalue weighted by Gasteiger charge is -2.18. The number of unbranched alkanes of at least 4 members (excludes halogenated alkanes) is 34. The van der Waals surface area contributed by atoms with E-state index in [9.17, 15) is 14.4 Å². The maximum atomic E-state index is 12.8. The lowest BCUT2D eigenvalue weighted by Crippen LogP contribution is -2.30. The van der Waals surface area contributed by atoms with Crippen molar-refractivity contribution in [3.05, 3.63) is 0 Å². The summed E-state index contributed by atoms with van der Waals surface area (Å²) in [6.45, 7) is 13.8. The molecule has 0 spiro atoms. The van der Waals surface area contributed by atoms with Crippen LogP contribution in [-0.2, 0) is 28.6 Å². The van der Waals surface area contributed by atoms with E-state index in [0.717, 1.165) is 75.5 Å². The van der Waals surface area contributed by atoms with Crippen LogP contribution in [-0.4, -0.2) is 37.2 Å². The van der Waals surface area contributed by atoms with Crippen molar-refractivity contribution in [2.75, 3.05) is 13.2 Å². The molecule has 0 N–H and O–H groups in total. The molecule has 0 aromatic heterocycles. The minimum atomic E-state index is -0.764. The van der Waals surface area contributed by atoms with Gasteiger partial charge in [-0.3, -0.25) is 14.4 Å². The Morgan fingerprint density at radius 1 is 0.303 bits per heavy atom. The van der Waals surface area contributed by atoms with Crippen molar-refractivity contribution in [1.29, 1.82) is 0 Å². The topological polar surface area (TPSA) is 78.9 Å². The third-order valence-corrected chi connectivity index (χ3v) is 14.4. The van der Waals surface area contributed by atoms with Crippen LogP contribution >= 0.6 is 0 Å². The largest absolute Gasteiger partial charge is 0.462 e. The third kappa shape index (κ3) is 50.3. The van der Waals surface area contributed by atoms with Crippen LogP contribution in [0.1, 0.15) is 330 Å². The van der Waals surface area contributed by atoms with E-state index in [0.29, 0.717) is 19.3 Å². The van der Waals surface area contributed by atoms with Crippen molar-refractivity contribution in [3.8, 4) is 0 Å². The minimum absolute atomic E-state index is 0.0641. The van der Waals surface area contributed by atoms with Crippen LogP contribution in [0.4, 0.5) is 0 Å². The van der Waals surface area contributed by atoms with Gasteiger partial charge in [0.05, 0.1) is 0 Å². The predicted molar refractivity (Wildman–Crippen MR) is 284 cm³/mol. The molecule has 0 saturated carbocycles. The van der Waals surface area contributed by atoms with Gasteiger partial charge in [0, 0.05) is 19.3 Å². The highest BCUT2D eigenvalue weighted by molar-refractivity contribution is 5.71. The molecule has 0 aliphatic heterocycles. The fourth-order valence-electron chi connectivity index (χ4n) is 9.11. The van der Waals surface area contributed by atoms with Gasteiger partial charge in [-0.1, -0.05) is 292 Å². The van der Waals surface area contributed by atoms with Gasteiger partial charge >= 0.3 is 17.9 Å². The van der Waals surface area contributed by atoms with Gasteiger partial charge in [-0.05, 0) is 37.0 Å². The summed E-state index contributed by atoms with van der Waals surface area (Å²) in [6.07, 6.45) is 53.9. The molecule has 0 saturated heterocycles. The monoisotopic (exact) mass is 933 g/mol. The van der Waals surface area contributed by atoms with Crippen molar-refractivity contribution in [2.24, 2.45) is 17.8 Å². The fourth-order valence-corrected chi connectivity index (χ4v) is 9.11. The summed E-state index contributed by atoms with van der Waals surface area (Å²) in [5, 5.41) is 0. The zero-order chi connectivity index (χ0) is 48.4. The molecule has 0 aromatic rings. The molecule has 0 rings (SSSR count). The molecule has 66 heavy (non-hydrogen) atoms. The molecule has 0 aromatic carbocycles. The van der Waals surface area contributed by atoms with Crippen LogP contribution in [0.5, 0.6) is 0 Å². The molecule has 0 aliphatic carbocycles. The van der Waals surface area contributed by atoms with Gasteiger partial charge < -0.3 is 14.2 Å². The Labute approximate surface area is 412 Å². The second kappa shape index (κ2) is 51.3. The minimum Gasteiger partial charge on any atom is -0.462 e. The van der Waals surface area contributed by atoms with E-state index in [2.05, 4.69) is 41.5 Å². The van der Waals surface area contributed by atoms with Crippen molar-refractivity contribution in [3.63, 3.8) is 0 Å². The normalized spacial score (nSPS) is 13.0. The van der Waals surface area contributed by atoms with Crippen molar-refractivity contribution in [1.82, 2.24) is 0 Å². The Hall–Kier alpha value is -1.59. The lowest BCUT2D eigenvalue weighted by atomic mass is 9.99. The number of rotatable bonds is 53. The van der Waals surface area contributed by atoms with E-state index < -0.39 is 6.10 Å². The Morgan fingerprint density at radius 3 is 0.788 bits per heavy atom. The van der Waals surface area contributed by atoms with E-state index in [-0.39, 0.29) is 31.1 Å². The van der Waals surface area contributed by atoms with Gasteiger partial charge in [0.1, 0.15) is 13.2 Å². The molecule has 392 valence electrons. The first kappa shape index (κ1) is 64.4. The molecular weight excluding hydrogens is 817 g/mol. The summed E-state index contributed by atoms with van der Waals surface area (Å²) < 4.78 is 16.9. The van der Waals surface area contributed by atoms with Crippen molar-refractivity contribution < 1.29 is 28.6 Å². The van der Waals surface area contributed by atoms with Crippen LogP contribution in [0.3, 0.4) is 0 Å². The molecule has 0 aliphatic rings. The zero-order valence-corrected chi connectivity index (χ0v) is 45.5. The second-order valence-corrected chi connectivity index (χ2v) is 21.6. The van der Waals surface area contributed by atoms with E-state index in [4.69, 9.17) is 14.2 Å². The predicted octanol–water partition coefficient (Wildman–Crippen LogP) is 19.5. The van der Waals surface area contributed by atoms with Gasteiger partial charge in [0.15, 0.2) is 6.10 Å². The quantitative estimate of drug-likeness (QED) is 0.0343. The summed E-state index contributed by atoms with van der Waals surface area (Å²) in [4.78, 5) is 38.1. The summed E-state index contributed by atoms with van der Waals surface area (Å²) in [5.74, 6) is 1.72. The van der Waals surface area contributed by atoms with Crippen LogP contribution < -0.4 is 0 Å². The zero-order valence-electron chi connectivity index (χ0n) is 45.5. The second-order valence-electron chi connectivity index (χ2n) is 21.6. The maximum absolute atomic E-state index is 12.8. The summed E-state index contributed by atoms with van der Waals surface area (Å²) >= 11 is 0. The smallest absolute Gasteiger partial charge is 0.306 e. The average Bonchev–Trinajstić information content (AvgIpc) is 3.30. The first-order valence-electron chi connectivity index (χ1n) is 29.7. The van der Waals surface area contributed by atoms with Crippen LogP contribution in [0.2, 0.25) is 0 Å². The number of carbonyl (C=O) groups is 3. The van der Waals surface area contributed by atoms with Crippen molar-refractivity contribution in [2.45, 2.75) is 337 Å². The number of hydrogen-bond donors (Lipinski definition) is 0. The van der Waals surface area contributed by atoms with Gasteiger partial charge in [0.25, 0.3) is 0 Å². The van der Waals surface area contributed by atoms with E-state index in [1.807, 2.05) is 0 Å². The first-order valence-corrected chi connectivity index (χ1v) is 29.7. The lowest BCUT2D eigenvalue weighted by molar-refractivity contribution is -0.167. The van der Waals surface area contributed by atoms with Gasteiger partial charge in [-0.2, -0.15) is 0 Å². The number of ether oxygens (including phenoxy) is 3. The van der Waals surface area contributed by atoms with E-state index in [1.54, 1.807) is 0 Å². The third-order valence-electron chi connectivity index (χ3n) is 14.4. The van der Waals surface area contributed by atoms with Gasteiger partial charge in [-0.25, -0.2) is 0 Å². The fraction of sp³-hybridized carbons (Fsp3) is 0.950. The summed E-state index contributed by atoms with van der Waals surface area (Å²) in [5.41, 5.74) is 0. The van der Waals surface area contributed by atoms with Gasteiger partial charge in [-0.15, -0.1) is 0 Å². The molecule has 0 amide bonds. The molecular formula is C60H116O6. The molecule has 3 atom stereocenters. The maximum Gasteiger partial charge on any atom is 0.306 e. The highest BCUT2D eigenvalue weighted by Gasteiger charge is 2.19. The summed E-state index contributed by atoms with van der Waals surface area (Å²) in [6, 6.07) is 0. The molecule has 6 heteroatoms. The molecule has 6 nitrogen and oxygen atoms in total. The average molecular weight is 934 g/mol. The van der Waals surface area contributed by atoms with E-state index in [1.165, 1.54) is 212 Å². The SMILES string of the molecule is CCC(C)CCCCCCCCCCCCCCCCCCCCC(=O)OC[C@@H](COC(=O)CCCCCCCCC(C)CC)OC(=O)CCCCCCCCCCCCCCCC(C)C. The molecule has 0 fully saturated rings. The van der Waals surface area contributed by atoms with Crippen LogP contribution in [0, 0.1) is 17.8 Å². The molecule has 0 heterocycles. The molecule has 2 unspecified atom stereocenters. The molecule has 0 radical (unpaired) electrons. The number of esters is 3. The highest BCUT2D eigenvalue weighted by Crippen LogP contribution is 2.19. The highest BCUT2D eigenvalue weighted by atomic mass is 16.6.